The third-order valence-corrected chi connectivity index (χ3v) is 4.01. The molecule has 1 heterocycles. The summed E-state index contributed by atoms with van der Waals surface area (Å²) in [6, 6.07) is 0. The van der Waals surface area contributed by atoms with Crippen LogP contribution in [0.3, 0.4) is 0 Å². The molecule has 1 aliphatic heterocycles. The third-order valence-electron chi connectivity index (χ3n) is 3.55. The predicted molar refractivity (Wildman–Crippen MR) is 87.5 cm³/mol. The summed E-state index contributed by atoms with van der Waals surface area (Å²) in [6.07, 6.45) is 15.4. The van der Waals surface area contributed by atoms with Crippen molar-refractivity contribution in [3.8, 4) is 0 Å². The maximum Gasteiger partial charge on any atom is 1.00 e. The van der Waals surface area contributed by atoms with E-state index in [-0.39, 0.29) is 25.5 Å². The van der Waals surface area contributed by atoms with E-state index in [1.54, 1.807) is 0 Å². The average Bonchev–Trinajstić information content (AvgIpc) is 2.48. The molecule has 1 fully saturated rings. The fraction of sp³-hybridized carbons (Fsp3) is 1.00. The summed E-state index contributed by atoms with van der Waals surface area (Å²) in [5.41, 5.74) is 0. The summed E-state index contributed by atoms with van der Waals surface area (Å²) >= 11 is 0. The monoisotopic (exact) mass is 344 g/mol. The Labute approximate surface area is 155 Å². The summed E-state index contributed by atoms with van der Waals surface area (Å²) in [4.78, 5) is 0. The molecule has 23 heavy (non-hydrogen) atoms. The number of hydrogen-bond acceptors (Lipinski definition) is 5. The molecule has 0 aromatic heterocycles. The first-order chi connectivity index (χ1) is 10.6. The van der Waals surface area contributed by atoms with Crippen LogP contribution in [0, 0.1) is 0 Å². The molecular weight excluding hydrogens is 311 g/mol. The molecule has 0 aliphatic carbocycles. The van der Waals surface area contributed by atoms with Crippen molar-refractivity contribution in [1.29, 1.82) is 0 Å². The van der Waals surface area contributed by atoms with Gasteiger partial charge in [-0.2, -0.15) is 0 Å². The minimum atomic E-state index is -4.45. The van der Waals surface area contributed by atoms with Gasteiger partial charge in [0, 0.05) is 13.2 Å². The fourth-order valence-corrected chi connectivity index (χ4v) is 2.55. The van der Waals surface area contributed by atoms with Crippen molar-refractivity contribution in [2.24, 2.45) is 0 Å². The maximum atomic E-state index is 9.73. The molecule has 1 saturated heterocycles. The van der Waals surface area contributed by atoms with E-state index < -0.39 is 10.4 Å². The minimum Gasteiger partial charge on any atom is -0.726 e. The predicted octanol–water partition coefficient (Wildman–Crippen LogP) is 1.18. The van der Waals surface area contributed by atoms with Gasteiger partial charge in [0.2, 0.25) is 10.4 Å². The van der Waals surface area contributed by atoms with Crippen LogP contribution in [0.25, 0.3) is 0 Å². The molecule has 0 amide bonds. The van der Waals surface area contributed by atoms with E-state index in [2.05, 4.69) is 4.18 Å². The van der Waals surface area contributed by atoms with Gasteiger partial charge in [-0.15, -0.1) is 0 Å². The Morgan fingerprint density at radius 2 is 1.26 bits per heavy atom. The average molecular weight is 344 g/mol. The maximum absolute atomic E-state index is 9.73. The van der Waals surface area contributed by atoms with Gasteiger partial charge >= 0.3 is 18.9 Å². The van der Waals surface area contributed by atoms with Crippen molar-refractivity contribution in [1.82, 2.24) is 0 Å². The summed E-state index contributed by atoms with van der Waals surface area (Å²) in [5.74, 6) is 0. The Morgan fingerprint density at radius 3 is 1.61 bits per heavy atom. The van der Waals surface area contributed by atoms with Crippen LogP contribution in [0.2, 0.25) is 0 Å². The zero-order chi connectivity index (χ0) is 16.5. The van der Waals surface area contributed by atoms with Gasteiger partial charge in [-0.05, 0) is 19.3 Å². The standard InChI is InChI=1S/C12H24O.C4H10O4S.Li/c1-2-4-6-8-10-12-13-11-9-7-5-3-1;1-2-3-4-8-9(5,6)7;/h1-12H2;2-4H2,1H3,(H,5,6,7);/q;;+1/p-1. The summed E-state index contributed by atoms with van der Waals surface area (Å²) < 4.78 is 38.6. The normalized spacial score (nSPS) is 18.2. The molecular formula is C16H33LiO5S. The van der Waals surface area contributed by atoms with Crippen LogP contribution in [0.4, 0.5) is 0 Å². The molecule has 1 aliphatic rings. The number of unbranched alkanes of at least 4 members (excludes halogenated alkanes) is 1. The molecule has 0 atom stereocenters. The molecule has 0 N–H and O–H groups in total. The SMILES string of the molecule is C1CCCCCCOCCCCC1.CCCCOS(=O)(=O)[O-].[Li+]. The first-order valence-electron chi connectivity index (χ1n) is 8.74. The zero-order valence-corrected chi connectivity index (χ0v) is 15.9. The topological polar surface area (TPSA) is 75.7 Å². The Bertz CT molecular complexity index is 274. The van der Waals surface area contributed by atoms with Crippen LogP contribution < -0.4 is 18.9 Å². The summed E-state index contributed by atoms with van der Waals surface area (Å²) in [5, 5.41) is 0. The van der Waals surface area contributed by atoms with Gasteiger partial charge in [0.1, 0.15) is 0 Å². The van der Waals surface area contributed by atoms with E-state index in [0.29, 0.717) is 6.42 Å². The van der Waals surface area contributed by atoms with Gasteiger partial charge in [0.15, 0.2) is 0 Å². The number of ether oxygens (including phenoxy) is 1. The van der Waals surface area contributed by atoms with Crippen LogP contribution in [-0.2, 0) is 19.3 Å². The van der Waals surface area contributed by atoms with Crippen LogP contribution in [0.1, 0.15) is 84.0 Å². The van der Waals surface area contributed by atoms with Crippen molar-refractivity contribution in [3.63, 3.8) is 0 Å². The first kappa shape index (κ1) is 25.7. The molecule has 134 valence electrons. The number of hydrogen-bond donors (Lipinski definition) is 0. The van der Waals surface area contributed by atoms with E-state index in [1.165, 1.54) is 64.2 Å². The van der Waals surface area contributed by atoms with Gasteiger partial charge in [-0.3, -0.25) is 4.18 Å². The minimum absolute atomic E-state index is 0. The van der Waals surface area contributed by atoms with E-state index >= 15 is 0 Å². The molecule has 0 aromatic rings. The second kappa shape index (κ2) is 18.8. The Kier molecular flexibility index (Phi) is 20.9. The molecule has 0 unspecified atom stereocenters. The molecule has 0 bridgehead atoms. The number of rotatable bonds is 4. The van der Waals surface area contributed by atoms with Gasteiger partial charge in [-0.1, -0.05) is 64.7 Å². The molecule has 0 aromatic carbocycles. The largest absolute Gasteiger partial charge is 1.00 e. The van der Waals surface area contributed by atoms with Gasteiger partial charge < -0.3 is 9.29 Å². The van der Waals surface area contributed by atoms with Crippen LogP contribution in [0.5, 0.6) is 0 Å². The summed E-state index contributed by atoms with van der Waals surface area (Å²) in [7, 11) is -4.45. The zero-order valence-electron chi connectivity index (χ0n) is 15.1. The van der Waals surface area contributed by atoms with Crippen molar-refractivity contribution in [2.75, 3.05) is 19.8 Å². The van der Waals surface area contributed by atoms with Crippen molar-refractivity contribution in [3.05, 3.63) is 0 Å². The fourth-order valence-electron chi connectivity index (χ4n) is 2.23. The van der Waals surface area contributed by atoms with Crippen molar-refractivity contribution >= 4 is 10.4 Å². The molecule has 5 nitrogen and oxygen atoms in total. The van der Waals surface area contributed by atoms with Crippen LogP contribution >= 0.6 is 0 Å². The quantitative estimate of drug-likeness (QED) is 0.331. The Balaban J connectivity index is 0. The van der Waals surface area contributed by atoms with Crippen molar-refractivity contribution < 1.29 is 40.8 Å². The van der Waals surface area contributed by atoms with E-state index in [0.717, 1.165) is 19.6 Å². The van der Waals surface area contributed by atoms with Crippen LogP contribution in [0.15, 0.2) is 0 Å². The molecule has 1 rings (SSSR count). The molecule has 0 radical (unpaired) electrons. The third kappa shape index (κ3) is 24.8. The van der Waals surface area contributed by atoms with Gasteiger partial charge in [0.05, 0.1) is 6.61 Å². The van der Waals surface area contributed by atoms with E-state index in [1.807, 2.05) is 6.92 Å². The second-order valence-corrected chi connectivity index (χ2v) is 6.78. The van der Waals surface area contributed by atoms with E-state index in [9.17, 15) is 13.0 Å². The molecule has 7 heteroatoms. The van der Waals surface area contributed by atoms with Crippen LogP contribution in [-0.4, -0.2) is 32.8 Å². The smallest absolute Gasteiger partial charge is 0.726 e. The van der Waals surface area contributed by atoms with E-state index in [4.69, 9.17) is 4.74 Å². The van der Waals surface area contributed by atoms with Gasteiger partial charge in [0.25, 0.3) is 0 Å². The molecule has 0 saturated carbocycles. The second-order valence-electron chi connectivity index (χ2n) is 5.73. The first-order valence-corrected chi connectivity index (χ1v) is 10.1. The Hall–Kier alpha value is 0.427. The van der Waals surface area contributed by atoms with Gasteiger partial charge in [-0.25, -0.2) is 8.42 Å². The van der Waals surface area contributed by atoms with Crippen molar-refractivity contribution in [2.45, 2.75) is 84.0 Å². The summed E-state index contributed by atoms with van der Waals surface area (Å²) in [6.45, 7) is 3.88. The Morgan fingerprint density at radius 1 is 0.870 bits per heavy atom. The molecule has 0 spiro atoms.